The lowest BCUT2D eigenvalue weighted by atomic mass is 10.2. The molecule has 0 unspecified atom stereocenters. The Morgan fingerprint density at radius 1 is 1.24 bits per heavy atom. The van der Waals surface area contributed by atoms with Gasteiger partial charge < -0.3 is 9.32 Å². The Morgan fingerprint density at radius 3 is 2.72 bits per heavy atom. The molecule has 1 atom stereocenters. The van der Waals surface area contributed by atoms with Crippen LogP contribution in [0.15, 0.2) is 4.42 Å². The second-order valence-electron chi connectivity index (χ2n) is 7.21. The predicted octanol–water partition coefficient (Wildman–Crippen LogP) is 2.85. The Kier molecular flexibility index (Phi) is 6.09. The molecule has 0 amide bonds. The van der Waals surface area contributed by atoms with Crippen molar-refractivity contribution < 1.29 is 9.21 Å². The summed E-state index contributed by atoms with van der Waals surface area (Å²) < 4.78 is 5.89. The van der Waals surface area contributed by atoms with Crippen LogP contribution in [0.25, 0.3) is 0 Å². The third-order valence-electron chi connectivity index (χ3n) is 5.20. The fourth-order valence-corrected chi connectivity index (χ4v) is 3.83. The highest BCUT2D eigenvalue weighted by Gasteiger charge is 2.29. The lowest BCUT2D eigenvalue weighted by molar-refractivity contribution is -0.120. The van der Waals surface area contributed by atoms with Gasteiger partial charge in [0, 0.05) is 19.4 Å². The molecule has 0 radical (unpaired) electrons. The molecular formula is C19H28N4O2. The van der Waals surface area contributed by atoms with Gasteiger partial charge in [-0.15, -0.1) is 0 Å². The van der Waals surface area contributed by atoms with E-state index in [1.54, 1.807) is 0 Å². The van der Waals surface area contributed by atoms with Gasteiger partial charge in [0.1, 0.15) is 17.5 Å². The van der Waals surface area contributed by atoms with Gasteiger partial charge in [-0.25, -0.2) is 4.98 Å². The van der Waals surface area contributed by atoms with Crippen molar-refractivity contribution in [2.75, 3.05) is 31.1 Å². The zero-order valence-corrected chi connectivity index (χ0v) is 15.2. The van der Waals surface area contributed by atoms with Crippen LogP contribution in [0, 0.1) is 18.3 Å². The molecule has 2 saturated heterocycles. The lowest BCUT2D eigenvalue weighted by Crippen LogP contribution is -2.30. The van der Waals surface area contributed by atoms with E-state index in [1.807, 2.05) is 11.8 Å². The standard InChI is InChI=1S/C19H28N4O2/c1-15-19(23-12-6-7-16(23)13-20)25-18(21-15)9-8-17(24)14-22-10-4-2-3-5-11-22/h16H,2-12,14H2,1H3/t16-/m0/s1. The number of Topliss-reactive ketones (excluding diaryl/α,β-unsaturated/α-hetero) is 1. The second kappa shape index (κ2) is 8.48. The molecular weight excluding hydrogens is 316 g/mol. The summed E-state index contributed by atoms with van der Waals surface area (Å²) >= 11 is 0. The van der Waals surface area contributed by atoms with Crippen LogP contribution in [-0.4, -0.2) is 47.9 Å². The Labute approximate surface area is 149 Å². The van der Waals surface area contributed by atoms with E-state index < -0.39 is 0 Å². The molecule has 3 heterocycles. The van der Waals surface area contributed by atoms with Crippen LogP contribution >= 0.6 is 0 Å². The molecule has 1 aromatic heterocycles. The highest BCUT2D eigenvalue weighted by Crippen LogP contribution is 2.29. The first-order chi connectivity index (χ1) is 12.2. The van der Waals surface area contributed by atoms with E-state index in [9.17, 15) is 10.1 Å². The van der Waals surface area contributed by atoms with E-state index in [1.165, 1.54) is 25.7 Å². The van der Waals surface area contributed by atoms with Crippen LogP contribution in [-0.2, 0) is 11.2 Å². The van der Waals surface area contributed by atoms with Crippen molar-refractivity contribution in [1.29, 1.82) is 5.26 Å². The molecule has 0 bridgehead atoms. The molecule has 0 spiro atoms. The van der Waals surface area contributed by atoms with E-state index in [-0.39, 0.29) is 11.8 Å². The minimum Gasteiger partial charge on any atom is -0.425 e. The number of aromatic nitrogens is 1. The van der Waals surface area contributed by atoms with Crippen molar-refractivity contribution in [3.63, 3.8) is 0 Å². The number of rotatable bonds is 6. The minimum absolute atomic E-state index is 0.121. The number of ketones is 1. The number of hydrogen-bond donors (Lipinski definition) is 0. The summed E-state index contributed by atoms with van der Waals surface area (Å²) in [5.41, 5.74) is 0.817. The molecule has 3 rings (SSSR count). The molecule has 0 N–H and O–H groups in total. The fraction of sp³-hybridized carbons (Fsp3) is 0.737. The van der Waals surface area contributed by atoms with E-state index >= 15 is 0 Å². The molecule has 6 heteroatoms. The zero-order chi connectivity index (χ0) is 17.6. The number of likely N-dealkylation sites (tertiary alicyclic amines) is 1. The summed E-state index contributed by atoms with van der Waals surface area (Å²) in [7, 11) is 0. The van der Waals surface area contributed by atoms with Crippen LogP contribution < -0.4 is 4.90 Å². The Hall–Kier alpha value is -1.87. The van der Waals surface area contributed by atoms with Crippen molar-refractivity contribution in [3.05, 3.63) is 11.6 Å². The third-order valence-corrected chi connectivity index (χ3v) is 5.20. The molecule has 2 aliphatic rings. The maximum atomic E-state index is 12.3. The fourth-order valence-electron chi connectivity index (χ4n) is 3.83. The smallest absolute Gasteiger partial charge is 0.220 e. The van der Waals surface area contributed by atoms with Gasteiger partial charge in [-0.3, -0.25) is 9.69 Å². The molecule has 1 aromatic rings. The molecule has 25 heavy (non-hydrogen) atoms. The van der Waals surface area contributed by atoms with Crippen LogP contribution in [0.1, 0.15) is 56.5 Å². The molecule has 2 aliphatic heterocycles. The Balaban J connectivity index is 1.52. The maximum absolute atomic E-state index is 12.3. The number of hydrogen-bond acceptors (Lipinski definition) is 6. The highest BCUT2D eigenvalue weighted by molar-refractivity contribution is 5.80. The quantitative estimate of drug-likeness (QED) is 0.790. The van der Waals surface area contributed by atoms with Crippen LogP contribution in [0.2, 0.25) is 0 Å². The number of oxazole rings is 1. The summed E-state index contributed by atoms with van der Waals surface area (Å²) in [6.45, 7) is 5.38. The molecule has 6 nitrogen and oxygen atoms in total. The van der Waals surface area contributed by atoms with Crippen molar-refractivity contribution in [2.24, 2.45) is 0 Å². The number of nitriles is 1. The van der Waals surface area contributed by atoms with Gasteiger partial charge in [-0.1, -0.05) is 12.8 Å². The Bertz CT molecular complexity index is 626. The van der Waals surface area contributed by atoms with Crippen molar-refractivity contribution in [1.82, 2.24) is 9.88 Å². The molecule has 0 saturated carbocycles. The molecule has 2 fully saturated rings. The van der Waals surface area contributed by atoms with Crippen molar-refractivity contribution >= 4 is 11.7 Å². The summed E-state index contributed by atoms with van der Waals surface area (Å²) in [6.07, 6.45) is 7.85. The van der Waals surface area contributed by atoms with E-state index in [2.05, 4.69) is 16.0 Å². The lowest BCUT2D eigenvalue weighted by Gasteiger charge is -2.18. The first kappa shape index (κ1) is 17.9. The average molecular weight is 344 g/mol. The number of carbonyl (C=O) groups excluding carboxylic acids is 1. The monoisotopic (exact) mass is 344 g/mol. The minimum atomic E-state index is -0.121. The van der Waals surface area contributed by atoms with Gasteiger partial charge in [0.2, 0.25) is 5.88 Å². The second-order valence-corrected chi connectivity index (χ2v) is 7.21. The van der Waals surface area contributed by atoms with Crippen LogP contribution in [0.4, 0.5) is 5.88 Å². The summed E-state index contributed by atoms with van der Waals surface area (Å²) in [5.74, 6) is 1.58. The van der Waals surface area contributed by atoms with Gasteiger partial charge in [0.05, 0.1) is 12.6 Å². The Morgan fingerprint density at radius 2 is 2.00 bits per heavy atom. The predicted molar refractivity (Wildman–Crippen MR) is 95.5 cm³/mol. The number of nitrogens with zero attached hydrogens (tertiary/aromatic N) is 4. The highest BCUT2D eigenvalue weighted by atomic mass is 16.4. The SMILES string of the molecule is Cc1nc(CCC(=O)CN2CCCCCC2)oc1N1CCC[C@H]1C#N. The number of aryl methyl sites for hydroxylation is 2. The number of anilines is 1. The van der Waals surface area contributed by atoms with Gasteiger partial charge in [0.25, 0.3) is 0 Å². The van der Waals surface area contributed by atoms with E-state index in [4.69, 9.17) is 4.42 Å². The van der Waals surface area contributed by atoms with Gasteiger partial charge in [-0.2, -0.15) is 5.26 Å². The topological polar surface area (TPSA) is 73.4 Å². The van der Waals surface area contributed by atoms with Crippen molar-refractivity contribution in [2.45, 2.75) is 64.3 Å². The van der Waals surface area contributed by atoms with Crippen LogP contribution in [0.5, 0.6) is 0 Å². The summed E-state index contributed by atoms with van der Waals surface area (Å²) in [5, 5.41) is 9.24. The van der Waals surface area contributed by atoms with Gasteiger partial charge in [-0.05, 0) is 45.7 Å². The van der Waals surface area contributed by atoms with Gasteiger partial charge in [0.15, 0.2) is 5.89 Å². The molecule has 0 aromatic carbocycles. The first-order valence-corrected chi connectivity index (χ1v) is 9.54. The van der Waals surface area contributed by atoms with E-state index in [0.717, 1.165) is 38.2 Å². The normalized spacial score (nSPS) is 21.9. The van der Waals surface area contributed by atoms with E-state index in [0.29, 0.717) is 31.2 Å². The first-order valence-electron chi connectivity index (χ1n) is 9.54. The van der Waals surface area contributed by atoms with Gasteiger partial charge >= 0.3 is 0 Å². The summed E-state index contributed by atoms with van der Waals surface area (Å²) in [4.78, 5) is 21.0. The average Bonchev–Trinajstić information content (AvgIpc) is 3.12. The zero-order valence-electron chi connectivity index (χ0n) is 15.2. The van der Waals surface area contributed by atoms with Crippen LogP contribution in [0.3, 0.4) is 0 Å². The third kappa shape index (κ3) is 4.60. The number of carbonyl (C=O) groups is 1. The summed E-state index contributed by atoms with van der Waals surface area (Å²) in [6, 6.07) is 2.21. The molecule has 0 aliphatic carbocycles. The largest absolute Gasteiger partial charge is 0.425 e. The maximum Gasteiger partial charge on any atom is 0.220 e. The van der Waals surface area contributed by atoms with Crippen molar-refractivity contribution in [3.8, 4) is 6.07 Å². The molecule has 136 valence electrons.